The van der Waals surface area contributed by atoms with E-state index in [0.29, 0.717) is 34.8 Å². The van der Waals surface area contributed by atoms with E-state index in [1.54, 1.807) is 11.6 Å². The second kappa shape index (κ2) is 5.30. The number of carbonyl (C=O) groups is 1. The number of primary amides is 1. The molecule has 3 aromatic heterocycles. The average Bonchev–Trinajstić information content (AvgIpc) is 3.00. The van der Waals surface area contributed by atoms with Crippen molar-refractivity contribution in [3.8, 4) is 0 Å². The van der Waals surface area contributed by atoms with Crippen LogP contribution in [0.1, 0.15) is 41.4 Å². The molecule has 1 aliphatic rings. The van der Waals surface area contributed by atoms with Crippen molar-refractivity contribution in [3.05, 3.63) is 35.6 Å². The Bertz CT molecular complexity index is 969. The highest BCUT2D eigenvalue weighted by Gasteiger charge is 2.45. The highest BCUT2D eigenvalue weighted by molar-refractivity contribution is 6.09. The van der Waals surface area contributed by atoms with E-state index in [2.05, 4.69) is 26.9 Å². The van der Waals surface area contributed by atoms with Crippen molar-refractivity contribution in [1.82, 2.24) is 19.7 Å². The minimum atomic E-state index is -0.533. The Morgan fingerprint density at radius 1 is 1.44 bits per heavy atom. The van der Waals surface area contributed by atoms with Gasteiger partial charge < -0.3 is 15.1 Å². The molecule has 0 atom stereocenters. The van der Waals surface area contributed by atoms with Crippen molar-refractivity contribution in [1.29, 1.82) is 0 Å². The third-order valence-corrected chi connectivity index (χ3v) is 4.87. The molecule has 0 radical (unpaired) electrons. The van der Waals surface area contributed by atoms with Crippen molar-refractivity contribution in [3.63, 3.8) is 0 Å². The number of nitrogens with zero attached hydrogens (tertiary/aromatic N) is 5. The van der Waals surface area contributed by atoms with E-state index in [1.165, 1.54) is 6.33 Å². The van der Waals surface area contributed by atoms with Gasteiger partial charge in [0.1, 0.15) is 17.9 Å². The molecular formula is C17H20N6O2. The molecule has 8 nitrogen and oxygen atoms in total. The van der Waals surface area contributed by atoms with Gasteiger partial charge in [-0.15, -0.1) is 0 Å². The standard InChI is InChI=1S/C17H20N6O2/c1-10-12(14(18)24)13-15(19-9-20-16(13)25-10)23(17(2)4-5-17)8-11-6-21-22(3)7-11/h6-7,9H,4-5,8H2,1-3H3,(H2,18,24). The van der Waals surface area contributed by atoms with Gasteiger partial charge in [0.25, 0.3) is 5.91 Å². The number of fused-ring (bicyclic) bond motifs is 1. The molecule has 25 heavy (non-hydrogen) atoms. The average molecular weight is 340 g/mol. The zero-order valence-electron chi connectivity index (χ0n) is 14.5. The Hall–Kier alpha value is -2.90. The smallest absolute Gasteiger partial charge is 0.253 e. The minimum absolute atomic E-state index is 0.0167. The Morgan fingerprint density at radius 2 is 2.20 bits per heavy atom. The molecule has 0 bridgehead atoms. The van der Waals surface area contributed by atoms with Crippen molar-refractivity contribution in [2.75, 3.05) is 4.90 Å². The predicted molar refractivity (Wildman–Crippen MR) is 92.1 cm³/mol. The van der Waals surface area contributed by atoms with E-state index in [9.17, 15) is 4.79 Å². The third-order valence-electron chi connectivity index (χ3n) is 4.87. The summed E-state index contributed by atoms with van der Waals surface area (Å²) >= 11 is 0. The third kappa shape index (κ3) is 2.54. The van der Waals surface area contributed by atoms with Crippen molar-refractivity contribution in [2.45, 2.75) is 38.8 Å². The summed E-state index contributed by atoms with van der Waals surface area (Å²) in [6, 6.07) is 0. The van der Waals surface area contributed by atoms with Gasteiger partial charge >= 0.3 is 0 Å². The summed E-state index contributed by atoms with van der Waals surface area (Å²) < 4.78 is 7.42. The lowest BCUT2D eigenvalue weighted by molar-refractivity contribution is 0.1000. The highest BCUT2D eigenvalue weighted by Crippen LogP contribution is 2.46. The Morgan fingerprint density at radius 3 is 2.80 bits per heavy atom. The van der Waals surface area contributed by atoms with Gasteiger partial charge in [-0.1, -0.05) is 0 Å². The Labute approximate surface area is 144 Å². The molecular weight excluding hydrogens is 320 g/mol. The van der Waals surface area contributed by atoms with Crippen LogP contribution in [0.4, 0.5) is 5.82 Å². The molecule has 1 fully saturated rings. The van der Waals surface area contributed by atoms with Gasteiger partial charge in [-0.3, -0.25) is 9.48 Å². The molecule has 0 saturated heterocycles. The fourth-order valence-corrected chi connectivity index (χ4v) is 3.24. The first kappa shape index (κ1) is 15.6. The highest BCUT2D eigenvalue weighted by atomic mass is 16.3. The number of nitrogens with two attached hydrogens (primary N) is 1. The molecule has 0 unspecified atom stereocenters. The first-order valence-electron chi connectivity index (χ1n) is 8.18. The molecule has 0 aliphatic heterocycles. The topological polar surface area (TPSA) is 103 Å². The van der Waals surface area contributed by atoms with Gasteiger partial charge in [0.05, 0.1) is 17.1 Å². The number of rotatable bonds is 5. The molecule has 1 aliphatic carbocycles. The minimum Gasteiger partial charge on any atom is -0.442 e. The van der Waals surface area contributed by atoms with Gasteiger partial charge in [0, 0.05) is 30.9 Å². The summed E-state index contributed by atoms with van der Waals surface area (Å²) in [5.41, 5.74) is 7.38. The SMILES string of the molecule is Cc1oc2ncnc(N(Cc3cnn(C)c3)C3(C)CC3)c2c1C(N)=O. The molecule has 8 heteroatoms. The summed E-state index contributed by atoms with van der Waals surface area (Å²) in [4.78, 5) is 22.8. The van der Waals surface area contributed by atoms with Crippen molar-refractivity contribution >= 4 is 22.8 Å². The van der Waals surface area contributed by atoms with Crippen LogP contribution in [0.15, 0.2) is 23.1 Å². The summed E-state index contributed by atoms with van der Waals surface area (Å²) in [5.74, 6) is 0.612. The number of hydrogen-bond acceptors (Lipinski definition) is 6. The monoisotopic (exact) mass is 340 g/mol. The van der Waals surface area contributed by atoms with E-state index in [0.717, 1.165) is 18.4 Å². The first-order chi connectivity index (χ1) is 11.9. The van der Waals surface area contributed by atoms with E-state index in [-0.39, 0.29) is 5.54 Å². The second-order valence-corrected chi connectivity index (χ2v) is 6.88. The van der Waals surface area contributed by atoms with E-state index < -0.39 is 5.91 Å². The molecule has 130 valence electrons. The largest absolute Gasteiger partial charge is 0.442 e. The van der Waals surface area contributed by atoms with Gasteiger partial charge in [0.2, 0.25) is 5.71 Å². The predicted octanol–water partition coefficient (Wildman–Crippen LogP) is 1.92. The maximum Gasteiger partial charge on any atom is 0.253 e. The van der Waals surface area contributed by atoms with Gasteiger partial charge in [-0.25, -0.2) is 9.97 Å². The summed E-state index contributed by atoms with van der Waals surface area (Å²) in [5, 5.41) is 4.83. The number of furan rings is 1. The van der Waals surface area contributed by atoms with Crippen LogP contribution in [0.2, 0.25) is 0 Å². The first-order valence-corrected chi connectivity index (χ1v) is 8.18. The van der Waals surface area contributed by atoms with Crippen molar-refractivity contribution < 1.29 is 9.21 Å². The lowest BCUT2D eigenvalue weighted by Crippen LogP contribution is -2.35. The van der Waals surface area contributed by atoms with Crippen molar-refractivity contribution in [2.24, 2.45) is 12.8 Å². The number of aromatic nitrogens is 4. The van der Waals surface area contributed by atoms with Crippen LogP contribution in [0.5, 0.6) is 0 Å². The quantitative estimate of drug-likeness (QED) is 0.761. The maximum atomic E-state index is 12.0. The fourth-order valence-electron chi connectivity index (χ4n) is 3.24. The van der Waals surface area contributed by atoms with Crippen LogP contribution >= 0.6 is 0 Å². The van der Waals surface area contributed by atoms with Crippen LogP contribution in [0.25, 0.3) is 11.1 Å². The Balaban J connectivity index is 1.88. The van der Waals surface area contributed by atoms with E-state index >= 15 is 0 Å². The number of amides is 1. The summed E-state index contributed by atoms with van der Waals surface area (Å²) in [6.07, 6.45) is 7.40. The molecule has 0 spiro atoms. The van der Waals surface area contributed by atoms with Crippen LogP contribution in [0, 0.1) is 6.92 Å². The van der Waals surface area contributed by atoms with Crippen LogP contribution in [-0.2, 0) is 13.6 Å². The summed E-state index contributed by atoms with van der Waals surface area (Å²) in [7, 11) is 1.89. The molecule has 1 saturated carbocycles. The zero-order chi connectivity index (χ0) is 17.8. The number of hydrogen-bond donors (Lipinski definition) is 1. The second-order valence-electron chi connectivity index (χ2n) is 6.88. The maximum absolute atomic E-state index is 12.0. The molecule has 3 aromatic rings. The molecule has 1 amide bonds. The van der Waals surface area contributed by atoms with E-state index in [1.807, 2.05) is 19.4 Å². The number of carbonyl (C=O) groups excluding carboxylic acids is 1. The number of aryl methyl sites for hydroxylation is 2. The molecule has 0 aromatic carbocycles. The van der Waals surface area contributed by atoms with Gasteiger partial charge in [-0.2, -0.15) is 5.10 Å². The zero-order valence-corrected chi connectivity index (χ0v) is 14.5. The van der Waals surface area contributed by atoms with Crippen LogP contribution < -0.4 is 10.6 Å². The number of anilines is 1. The van der Waals surface area contributed by atoms with Crippen LogP contribution in [0.3, 0.4) is 0 Å². The van der Waals surface area contributed by atoms with Gasteiger partial charge in [-0.05, 0) is 26.7 Å². The molecule has 4 rings (SSSR count). The molecule has 3 heterocycles. The van der Waals surface area contributed by atoms with Crippen LogP contribution in [-0.4, -0.2) is 31.2 Å². The lowest BCUT2D eigenvalue weighted by Gasteiger charge is -2.30. The summed E-state index contributed by atoms with van der Waals surface area (Å²) in [6.45, 7) is 4.54. The Kier molecular flexibility index (Phi) is 3.31. The van der Waals surface area contributed by atoms with Gasteiger partial charge in [0.15, 0.2) is 0 Å². The lowest BCUT2D eigenvalue weighted by atomic mass is 10.1. The van der Waals surface area contributed by atoms with E-state index in [4.69, 9.17) is 10.2 Å². The fraction of sp³-hybridized carbons (Fsp3) is 0.412. The molecule has 2 N–H and O–H groups in total. The normalized spacial score (nSPS) is 15.5.